The summed E-state index contributed by atoms with van der Waals surface area (Å²) in [4.78, 5) is 30.4. The van der Waals surface area contributed by atoms with Crippen molar-refractivity contribution in [3.63, 3.8) is 0 Å². The van der Waals surface area contributed by atoms with Crippen molar-refractivity contribution < 1.29 is 19.4 Å². The average Bonchev–Trinajstić information content (AvgIpc) is 3.13. The lowest BCUT2D eigenvalue weighted by Gasteiger charge is -2.35. The van der Waals surface area contributed by atoms with Crippen molar-refractivity contribution in [1.29, 1.82) is 0 Å². The fourth-order valence-corrected chi connectivity index (χ4v) is 5.00. The first-order chi connectivity index (χ1) is 16.8. The normalized spacial score (nSPS) is 20.5. The summed E-state index contributed by atoms with van der Waals surface area (Å²) in [5, 5.41) is 11.3. The number of hydrogen-bond acceptors (Lipinski definition) is 5. The van der Waals surface area contributed by atoms with E-state index in [9.17, 15) is 14.7 Å². The van der Waals surface area contributed by atoms with E-state index in [0.717, 1.165) is 43.4 Å². The van der Waals surface area contributed by atoms with Gasteiger partial charge in [-0.25, -0.2) is 0 Å². The maximum atomic E-state index is 13.3. The molecule has 0 aromatic heterocycles. The molecule has 1 atom stereocenters. The van der Waals surface area contributed by atoms with Gasteiger partial charge in [0.05, 0.1) is 18.2 Å². The zero-order valence-corrected chi connectivity index (χ0v) is 21.2. The van der Waals surface area contributed by atoms with Gasteiger partial charge in [0.15, 0.2) is 0 Å². The third-order valence-electron chi connectivity index (χ3n) is 6.88. The molecule has 1 aliphatic heterocycles. The molecule has 6 nitrogen and oxygen atoms in total. The fraction of sp³-hybridized carbons (Fsp3) is 0.448. The van der Waals surface area contributed by atoms with Crippen molar-refractivity contribution in [2.45, 2.75) is 58.0 Å². The second-order valence-electron chi connectivity index (χ2n) is 10.2. The molecule has 2 fully saturated rings. The molecule has 35 heavy (non-hydrogen) atoms. The van der Waals surface area contributed by atoms with Gasteiger partial charge in [0.25, 0.3) is 11.7 Å². The first kappa shape index (κ1) is 24.8. The van der Waals surface area contributed by atoms with Crippen LogP contribution in [0.2, 0.25) is 0 Å². The molecular weight excluding hydrogens is 440 g/mol. The summed E-state index contributed by atoms with van der Waals surface area (Å²) in [6.45, 7) is 4.76. The quantitative estimate of drug-likeness (QED) is 0.323. The third-order valence-corrected chi connectivity index (χ3v) is 6.88. The molecule has 0 radical (unpaired) electrons. The number of carbonyl (C=O) groups is 2. The third kappa shape index (κ3) is 5.21. The number of benzene rings is 2. The van der Waals surface area contributed by atoms with Gasteiger partial charge in [0, 0.05) is 31.4 Å². The summed E-state index contributed by atoms with van der Waals surface area (Å²) in [6, 6.07) is 14.3. The van der Waals surface area contributed by atoms with Crippen LogP contribution < -0.4 is 9.64 Å². The van der Waals surface area contributed by atoms with Crippen LogP contribution in [0.3, 0.4) is 0 Å². The summed E-state index contributed by atoms with van der Waals surface area (Å²) in [7, 11) is 3.94. The van der Waals surface area contributed by atoms with E-state index in [1.807, 2.05) is 43.3 Å². The molecule has 2 aliphatic rings. The largest absolute Gasteiger partial charge is 0.507 e. The zero-order valence-electron chi connectivity index (χ0n) is 21.2. The Kier molecular flexibility index (Phi) is 7.48. The van der Waals surface area contributed by atoms with E-state index in [1.54, 1.807) is 29.2 Å². The molecular formula is C29H36N2O4. The van der Waals surface area contributed by atoms with Crippen molar-refractivity contribution in [3.05, 3.63) is 65.2 Å². The Bertz CT molecular complexity index is 1080. The molecule has 186 valence electrons. The minimum atomic E-state index is -0.616. The minimum Gasteiger partial charge on any atom is -0.507 e. The lowest BCUT2D eigenvalue weighted by Crippen LogP contribution is -2.40. The average molecular weight is 477 g/mol. The highest BCUT2D eigenvalue weighted by Gasteiger charge is 2.48. The minimum absolute atomic E-state index is 0.00386. The van der Waals surface area contributed by atoms with Crippen molar-refractivity contribution in [1.82, 2.24) is 4.90 Å². The number of ketones is 1. The summed E-state index contributed by atoms with van der Waals surface area (Å²) in [6.07, 6.45) is 4.98. The van der Waals surface area contributed by atoms with Gasteiger partial charge in [-0.05, 0) is 60.7 Å². The Labute approximate surface area is 208 Å². The molecule has 4 rings (SSSR count). The topological polar surface area (TPSA) is 70.1 Å². The molecule has 1 saturated heterocycles. The predicted octanol–water partition coefficient (Wildman–Crippen LogP) is 5.54. The van der Waals surface area contributed by atoms with Crippen LogP contribution in [0.25, 0.3) is 5.76 Å². The highest BCUT2D eigenvalue weighted by atomic mass is 16.5. The van der Waals surface area contributed by atoms with E-state index in [-0.39, 0.29) is 17.4 Å². The number of aliphatic hydroxyl groups excluding tert-OH is 1. The predicted molar refractivity (Wildman–Crippen MR) is 139 cm³/mol. The first-order valence-corrected chi connectivity index (χ1v) is 12.6. The van der Waals surface area contributed by atoms with E-state index < -0.39 is 17.7 Å². The Morgan fingerprint density at radius 3 is 2.20 bits per heavy atom. The van der Waals surface area contributed by atoms with E-state index in [2.05, 4.69) is 13.8 Å². The van der Waals surface area contributed by atoms with Gasteiger partial charge in [-0.1, -0.05) is 45.2 Å². The lowest BCUT2D eigenvalue weighted by molar-refractivity contribution is -0.141. The first-order valence-electron chi connectivity index (χ1n) is 12.6. The Balaban J connectivity index is 1.75. The molecule has 1 saturated carbocycles. The van der Waals surface area contributed by atoms with Crippen LogP contribution in [-0.2, 0) is 9.59 Å². The van der Waals surface area contributed by atoms with E-state index >= 15 is 0 Å². The van der Waals surface area contributed by atoms with E-state index in [4.69, 9.17) is 4.74 Å². The van der Waals surface area contributed by atoms with Gasteiger partial charge in [-0.2, -0.15) is 0 Å². The monoisotopic (exact) mass is 476 g/mol. The number of aliphatic hydroxyl groups is 1. The summed E-state index contributed by atoms with van der Waals surface area (Å²) >= 11 is 0. The van der Waals surface area contributed by atoms with Crippen LogP contribution >= 0.6 is 0 Å². The van der Waals surface area contributed by atoms with E-state index in [0.29, 0.717) is 23.8 Å². The number of ether oxygens (including phenoxy) is 1. The number of rotatable bonds is 7. The molecule has 1 unspecified atom stereocenters. The summed E-state index contributed by atoms with van der Waals surface area (Å²) < 4.78 is 5.75. The maximum absolute atomic E-state index is 13.3. The molecule has 1 heterocycles. The SMILES string of the molecule is CC(C)COc1ccc(/C(O)=C2/C(=O)C(=O)N(C3CCCCC3)C2c2ccc(N(C)C)cc2)cc1. The smallest absolute Gasteiger partial charge is 0.295 e. The Morgan fingerprint density at radius 2 is 1.63 bits per heavy atom. The second-order valence-corrected chi connectivity index (χ2v) is 10.2. The highest BCUT2D eigenvalue weighted by Crippen LogP contribution is 2.43. The number of hydrogen-bond donors (Lipinski definition) is 1. The van der Waals surface area contributed by atoms with Gasteiger partial charge < -0.3 is 19.6 Å². The molecule has 1 aliphatic carbocycles. The van der Waals surface area contributed by atoms with E-state index in [1.165, 1.54) is 0 Å². The molecule has 2 aromatic carbocycles. The molecule has 6 heteroatoms. The van der Waals surface area contributed by atoms with Crippen molar-refractivity contribution in [2.24, 2.45) is 5.92 Å². The molecule has 0 spiro atoms. The number of amides is 1. The highest BCUT2D eigenvalue weighted by molar-refractivity contribution is 6.46. The van der Waals surface area contributed by atoms with Crippen LogP contribution in [0, 0.1) is 5.92 Å². The molecule has 0 bridgehead atoms. The Morgan fingerprint density at radius 1 is 1.00 bits per heavy atom. The molecule has 1 amide bonds. The number of anilines is 1. The standard InChI is InChI=1S/C29H36N2O4/c1-19(2)18-35-24-16-12-21(13-17-24)27(32)25-26(20-10-14-22(15-11-20)30(3)4)31(29(34)28(25)33)23-8-6-5-7-9-23/h10-17,19,23,26,32H,5-9,18H2,1-4H3/b27-25-. The van der Waals surface area contributed by atoms with Gasteiger partial charge in [0.2, 0.25) is 0 Å². The van der Waals surface area contributed by atoms with Crippen molar-refractivity contribution in [2.75, 3.05) is 25.6 Å². The van der Waals surface area contributed by atoms with Crippen molar-refractivity contribution in [3.8, 4) is 5.75 Å². The van der Waals surface area contributed by atoms with Crippen LogP contribution in [0.4, 0.5) is 5.69 Å². The van der Waals surface area contributed by atoms with Gasteiger partial charge in [0.1, 0.15) is 11.5 Å². The fourth-order valence-electron chi connectivity index (χ4n) is 5.00. The summed E-state index contributed by atoms with van der Waals surface area (Å²) in [5.74, 6) is -0.169. The zero-order chi connectivity index (χ0) is 25.1. The van der Waals surface area contributed by atoms with Gasteiger partial charge in [-0.15, -0.1) is 0 Å². The number of likely N-dealkylation sites (tertiary alicyclic amines) is 1. The van der Waals surface area contributed by atoms with Gasteiger partial charge >= 0.3 is 0 Å². The van der Waals surface area contributed by atoms with Crippen molar-refractivity contribution >= 4 is 23.1 Å². The van der Waals surface area contributed by atoms with Crippen LogP contribution in [0.15, 0.2) is 54.1 Å². The number of carbonyl (C=O) groups excluding carboxylic acids is 2. The second kappa shape index (κ2) is 10.5. The van der Waals surface area contributed by atoms with Crippen LogP contribution in [0.5, 0.6) is 5.75 Å². The van der Waals surface area contributed by atoms with Gasteiger partial charge in [-0.3, -0.25) is 9.59 Å². The number of Topliss-reactive ketones (excluding diaryl/α,β-unsaturated/α-hetero) is 1. The van der Waals surface area contributed by atoms with Crippen LogP contribution in [-0.4, -0.2) is 48.4 Å². The van der Waals surface area contributed by atoms with Crippen LogP contribution in [0.1, 0.15) is 63.1 Å². The Hall–Kier alpha value is -3.28. The number of nitrogens with zero attached hydrogens (tertiary/aromatic N) is 2. The molecule has 2 aromatic rings. The molecule has 1 N–H and O–H groups in total. The summed E-state index contributed by atoms with van der Waals surface area (Å²) in [5.41, 5.74) is 2.52. The lowest BCUT2D eigenvalue weighted by atomic mass is 9.91. The maximum Gasteiger partial charge on any atom is 0.295 e.